The number of benzene rings is 1. The molecule has 8 heteroatoms. The van der Waals surface area contributed by atoms with Gasteiger partial charge in [0.15, 0.2) is 0 Å². The lowest BCUT2D eigenvalue weighted by molar-refractivity contribution is 0.463. The van der Waals surface area contributed by atoms with Crippen LogP contribution >= 0.6 is 15.9 Å². The molecule has 154 valence electrons. The van der Waals surface area contributed by atoms with Crippen LogP contribution in [-0.4, -0.2) is 28.7 Å². The summed E-state index contributed by atoms with van der Waals surface area (Å²) in [6.07, 6.45) is 5.47. The van der Waals surface area contributed by atoms with Gasteiger partial charge in [-0.1, -0.05) is 28.1 Å². The van der Waals surface area contributed by atoms with Gasteiger partial charge >= 0.3 is 0 Å². The molecule has 1 N–H and O–H groups in total. The van der Waals surface area contributed by atoms with E-state index in [4.69, 9.17) is 0 Å². The third-order valence-electron chi connectivity index (χ3n) is 5.23. The Morgan fingerprint density at radius 2 is 1.67 bits per heavy atom. The molecular formula is C22H21BrN4O2S. The van der Waals surface area contributed by atoms with Gasteiger partial charge in [0.05, 0.1) is 28.3 Å². The number of hydrogen-bond donors (Lipinski definition) is 1. The number of nitrogens with one attached hydrogen (secondary N) is 1. The summed E-state index contributed by atoms with van der Waals surface area (Å²) in [4.78, 5) is 9.25. The predicted octanol–water partition coefficient (Wildman–Crippen LogP) is 4.77. The number of rotatable bonds is 6. The van der Waals surface area contributed by atoms with Crippen LogP contribution in [0.1, 0.15) is 25.2 Å². The normalized spacial score (nSPS) is 12.2. The number of sulfonamides is 1. The predicted molar refractivity (Wildman–Crippen MR) is 123 cm³/mol. The van der Waals surface area contributed by atoms with Gasteiger partial charge in [0, 0.05) is 28.4 Å². The molecule has 4 rings (SSSR count). The minimum absolute atomic E-state index is 0.00129. The van der Waals surface area contributed by atoms with Crippen LogP contribution in [0.3, 0.4) is 0 Å². The van der Waals surface area contributed by atoms with Crippen LogP contribution < -0.4 is 4.72 Å². The monoisotopic (exact) mass is 484 g/mol. The van der Waals surface area contributed by atoms with E-state index in [2.05, 4.69) is 42.1 Å². The van der Waals surface area contributed by atoms with Gasteiger partial charge in [-0.3, -0.25) is 14.7 Å². The highest BCUT2D eigenvalue weighted by Gasteiger charge is 2.35. The van der Waals surface area contributed by atoms with Crippen molar-refractivity contribution in [1.29, 1.82) is 0 Å². The fourth-order valence-corrected chi connectivity index (χ4v) is 4.70. The number of halogens is 1. The molecule has 0 aliphatic rings. The molecule has 0 spiro atoms. The summed E-state index contributed by atoms with van der Waals surface area (Å²) in [5.74, 6) is 0.00129. The first kappa shape index (κ1) is 20.6. The number of fused-ring (bicyclic) bond motifs is 1. The topological polar surface area (TPSA) is 76.9 Å². The number of aromatic nitrogens is 3. The second-order valence-electron chi connectivity index (χ2n) is 7.08. The maximum absolute atomic E-state index is 12.2. The molecule has 0 amide bonds. The summed E-state index contributed by atoms with van der Waals surface area (Å²) in [7, 11) is -3.42. The molecule has 0 atom stereocenters. The van der Waals surface area contributed by atoms with Crippen molar-refractivity contribution in [2.75, 3.05) is 10.5 Å². The molecule has 4 aromatic rings. The van der Waals surface area contributed by atoms with Crippen molar-refractivity contribution in [2.45, 2.75) is 19.4 Å². The SMILES string of the molecule is CCS(=O)(=O)Nc1cc(Br)cc2c1ccn2C(C)(c1ccccn1)c1ccccn1. The van der Waals surface area contributed by atoms with Gasteiger partial charge < -0.3 is 4.57 Å². The van der Waals surface area contributed by atoms with Gasteiger partial charge in [0.2, 0.25) is 10.0 Å². The minimum atomic E-state index is -3.42. The Labute approximate surface area is 184 Å². The van der Waals surface area contributed by atoms with Crippen LogP contribution in [0.15, 0.2) is 77.7 Å². The highest BCUT2D eigenvalue weighted by atomic mass is 79.9. The van der Waals surface area contributed by atoms with E-state index in [0.29, 0.717) is 5.69 Å². The summed E-state index contributed by atoms with van der Waals surface area (Å²) in [5, 5.41) is 0.799. The Kier molecular flexibility index (Phi) is 5.38. The molecule has 0 aliphatic heterocycles. The van der Waals surface area contributed by atoms with Crippen molar-refractivity contribution in [3.05, 3.63) is 89.0 Å². The molecule has 0 saturated carbocycles. The van der Waals surface area contributed by atoms with Crippen LogP contribution in [0.25, 0.3) is 10.9 Å². The van der Waals surface area contributed by atoms with Gasteiger partial charge in [0.1, 0.15) is 5.54 Å². The maximum Gasteiger partial charge on any atom is 0.232 e. The van der Waals surface area contributed by atoms with Crippen molar-refractivity contribution >= 4 is 42.5 Å². The zero-order chi connectivity index (χ0) is 21.4. The Hall–Kier alpha value is -2.71. The lowest BCUT2D eigenvalue weighted by Gasteiger charge is -2.31. The molecular weight excluding hydrogens is 464 g/mol. The Morgan fingerprint density at radius 3 is 2.20 bits per heavy atom. The molecule has 0 bridgehead atoms. The summed E-state index contributed by atoms with van der Waals surface area (Å²) in [6.45, 7) is 3.68. The zero-order valence-corrected chi connectivity index (χ0v) is 19.0. The standard InChI is InChI=1S/C22H21BrN4O2S/c1-3-30(28,29)26-18-14-16(23)15-19-17(18)10-13-27(19)22(2,20-8-4-6-11-24-20)21-9-5-7-12-25-21/h4-15,26H,3H2,1-2H3. The highest BCUT2D eigenvalue weighted by Crippen LogP contribution is 2.38. The van der Waals surface area contributed by atoms with E-state index in [0.717, 1.165) is 26.8 Å². The molecule has 3 aromatic heterocycles. The summed E-state index contributed by atoms with van der Waals surface area (Å²) >= 11 is 3.53. The second-order valence-corrected chi connectivity index (χ2v) is 10.0. The van der Waals surface area contributed by atoms with Gasteiger partial charge in [-0.05, 0) is 56.3 Å². The van der Waals surface area contributed by atoms with E-state index < -0.39 is 15.6 Å². The van der Waals surface area contributed by atoms with Crippen molar-refractivity contribution in [2.24, 2.45) is 0 Å². The van der Waals surface area contributed by atoms with Crippen LogP contribution in [0, 0.1) is 0 Å². The van der Waals surface area contributed by atoms with Gasteiger partial charge in [-0.15, -0.1) is 0 Å². The van der Waals surface area contributed by atoms with E-state index in [1.807, 2.05) is 54.7 Å². The van der Waals surface area contributed by atoms with Crippen molar-refractivity contribution in [3.8, 4) is 0 Å². The molecule has 6 nitrogen and oxygen atoms in total. The van der Waals surface area contributed by atoms with Crippen LogP contribution in [-0.2, 0) is 15.6 Å². The lowest BCUT2D eigenvalue weighted by atomic mass is 9.91. The maximum atomic E-state index is 12.2. The Bertz CT molecular complexity index is 1250. The van der Waals surface area contributed by atoms with Crippen LogP contribution in [0.4, 0.5) is 5.69 Å². The van der Waals surface area contributed by atoms with Gasteiger partial charge in [-0.2, -0.15) is 0 Å². The smallest absolute Gasteiger partial charge is 0.232 e. The van der Waals surface area contributed by atoms with E-state index in [1.165, 1.54) is 0 Å². The van der Waals surface area contributed by atoms with Crippen molar-refractivity contribution in [3.63, 3.8) is 0 Å². The molecule has 0 fully saturated rings. The summed E-state index contributed by atoms with van der Waals surface area (Å²) in [6, 6.07) is 17.3. The fourth-order valence-electron chi connectivity index (χ4n) is 3.60. The average Bonchev–Trinajstić information content (AvgIpc) is 3.18. The Morgan fingerprint density at radius 1 is 1.03 bits per heavy atom. The molecule has 0 unspecified atom stereocenters. The fraction of sp³-hybridized carbons (Fsp3) is 0.182. The lowest BCUT2D eigenvalue weighted by Crippen LogP contribution is -2.34. The third kappa shape index (κ3) is 3.61. The first-order chi connectivity index (χ1) is 14.3. The largest absolute Gasteiger partial charge is 0.330 e. The average molecular weight is 485 g/mol. The van der Waals surface area contributed by atoms with Gasteiger partial charge in [0.25, 0.3) is 0 Å². The first-order valence-electron chi connectivity index (χ1n) is 9.50. The molecule has 1 aromatic carbocycles. The molecule has 0 aliphatic carbocycles. The van der Waals surface area contributed by atoms with Crippen LogP contribution in [0.5, 0.6) is 0 Å². The highest BCUT2D eigenvalue weighted by molar-refractivity contribution is 9.10. The zero-order valence-electron chi connectivity index (χ0n) is 16.6. The Balaban J connectivity index is 2.00. The number of pyridine rings is 2. The first-order valence-corrected chi connectivity index (χ1v) is 11.9. The minimum Gasteiger partial charge on any atom is -0.330 e. The van der Waals surface area contributed by atoms with E-state index in [9.17, 15) is 8.42 Å². The van der Waals surface area contributed by atoms with Gasteiger partial charge in [-0.25, -0.2) is 8.42 Å². The van der Waals surface area contributed by atoms with Crippen LogP contribution in [0.2, 0.25) is 0 Å². The van der Waals surface area contributed by atoms with E-state index >= 15 is 0 Å². The van der Waals surface area contributed by atoms with Crippen molar-refractivity contribution < 1.29 is 8.42 Å². The quantitative estimate of drug-likeness (QED) is 0.427. The third-order valence-corrected chi connectivity index (χ3v) is 6.98. The molecule has 3 heterocycles. The molecule has 0 saturated heterocycles. The van der Waals surface area contributed by atoms with Crippen molar-refractivity contribution in [1.82, 2.24) is 14.5 Å². The molecule has 0 radical (unpaired) electrons. The van der Waals surface area contributed by atoms with E-state index in [1.54, 1.807) is 25.4 Å². The molecule has 30 heavy (non-hydrogen) atoms. The number of hydrogen-bond acceptors (Lipinski definition) is 4. The number of nitrogens with zero attached hydrogens (tertiary/aromatic N) is 3. The number of anilines is 1. The second kappa shape index (κ2) is 7.85. The summed E-state index contributed by atoms with van der Waals surface area (Å²) in [5.41, 5.74) is 2.35. The summed E-state index contributed by atoms with van der Waals surface area (Å²) < 4.78 is 30.0. The van der Waals surface area contributed by atoms with E-state index in [-0.39, 0.29) is 5.75 Å².